The van der Waals surface area contributed by atoms with Crippen LogP contribution in [0.5, 0.6) is 5.75 Å². The highest BCUT2D eigenvalue weighted by Crippen LogP contribution is 2.13. The molecule has 0 aliphatic carbocycles. The lowest BCUT2D eigenvalue weighted by atomic mass is 10.1. The van der Waals surface area contributed by atoms with Gasteiger partial charge in [0, 0.05) is 13.0 Å². The second-order valence-electron chi connectivity index (χ2n) is 6.24. The molecule has 1 saturated heterocycles. The maximum absolute atomic E-state index is 12.4. The SMILES string of the molecule is COc1ccc(CNC(=O)CN2C(=O)N[C@H](Cc3ccccc3)C2=O)cc1. The Kier molecular flexibility index (Phi) is 5.71. The molecule has 1 fully saturated rings. The van der Waals surface area contributed by atoms with Gasteiger partial charge in [-0.1, -0.05) is 42.5 Å². The minimum Gasteiger partial charge on any atom is -0.497 e. The first-order valence-electron chi connectivity index (χ1n) is 8.62. The molecule has 4 amide bonds. The van der Waals surface area contributed by atoms with Gasteiger partial charge in [0.05, 0.1) is 7.11 Å². The maximum Gasteiger partial charge on any atom is 0.325 e. The molecule has 140 valence electrons. The second-order valence-corrected chi connectivity index (χ2v) is 6.24. The predicted octanol–water partition coefficient (Wildman–Crippen LogP) is 1.47. The summed E-state index contributed by atoms with van der Waals surface area (Å²) < 4.78 is 5.08. The molecule has 2 aromatic carbocycles. The van der Waals surface area contributed by atoms with Crippen molar-refractivity contribution in [3.63, 3.8) is 0 Å². The number of urea groups is 1. The molecule has 0 spiro atoms. The monoisotopic (exact) mass is 367 g/mol. The molecule has 1 aliphatic heterocycles. The van der Waals surface area contributed by atoms with Crippen molar-refractivity contribution >= 4 is 17.8 Å². The highest BCUT2D eigenvalue weighted by atomic mass is 16.5. The summed E-state index contributed by atoms with van der Waals surface area (Å²) in [7, 11) is 1.58. The Morgan fingerprint density at radius 1 is 1.07 bits per heavy atom. The van der Waals surface area contributed by atoms with Crippen molar-refractivity contribution < 1.29 is 19.1 Å². The molecule has 1 atom stereocenters. The third-order valence-electron chi connectivity index (χ3n) is 4.34. The average Bonchev–Trinajstić information content (AvgIpc) is 2.95. The highest BCUT2D eigenvalue weighted by molar-refractivity contribution is 6.06. The largest absolute Gasteiger partial charge is 0.497 e. The Bertz CT molecular complexity index is 821. The van der Waals surface area contributed by atoms with E-state index in [1.165, 1.54) is 0 Å². The number of carbonyl (C=O) groups is 3. The van der Waals surface area contributed by atoms with E-state index in [1.807, 2.05) is 42.5 Å². The lowest BCUT2D eigenvalue weighted by Crippen LogP contribution is -2.41. The van der Waals surface area contributed by atoms with E-state index in [0.29, 0.717) is 13.0 Å². The number of methoxy groups -OCH3 is 1. The molecule has 1 aliphatic rings. The molecular weight excluding hydrogens is 346 g/mol. The van der Waals surface area contributed by atoms with Gasteiger partial charge in [0.15, 0.2) is 0 Å². The van der Waals surface area contributed by atoms with Crippen molar-refractivity contribution in [3.8, 4) is 5.75 Å². The van der Waals surface area contributed by atoms with Crippen molar-refractivity contribution in [1.82, 2.24) is 15.5 Å². The van der Waals surface area contributed by atoms with Crippen LogP contribution in [-0.2, 0) is 22.6 Å². The van der Waals surface area contributed by atoms with Crippen LogP contribution >= 0.6 is 0 Å². The molecular formula is C20H21N3O4. The van der Waals surface area contributed by atoms with E-state index in [0.717, 1.165) is 21.8 Å². The van der Waals surface area contributed by atoms with Crippen LogP contribution in [0.25, 0.3) is 0 Å². The first-order chi connectivity index (χ1) is 13.1. The minimum atomic E-state index is -0.644. The molecule has 2 N–H and O–H groups in total. The van der Waals surface area contributed by atoms with Gasteiger partial charge in [0.1, 0.15) is 18.3 Å². The van der Waals surface area contributed by atoms with Crippen LogP contribution in [0.15, 0.2) is 54.6 Å². The summed E-state index contributed by atoms with van der Waals surface area (Å²) >= 11 is 0. The third kappa shape index (κ3) is 4.63. The smallest absolute Gasteiger partial charge is 0.325 e. The van der Waals surface area contributed by atoms with Gasteiger partial charge in [-0.2, -0.15) is 0 Å². The fraction of sp³-hybridized carbons (Fsp3) is 0.250. The molecule has 1 heterocycles. The Morgan fingerprint density at radius 2 is 1.78 bits per heavy atom. The van der Waals surface area contributed by atoms with Gasteiger partial charge in [-0.3, -0.25) is 14.5 Å². The molecule has 3 rings (SSSR count). The van der Waals surface area contributed by atoms with Crippen molar-refractivity contribution in [2.75, 3.05) is 13.7 Å². The van der Waals surface area contributed by atoms with Gasteiger partial charge in [-0.15, -0.1) is 0 Å². The Labute approximate surface area is 157 Å². The van der Waals surface area contributed by atoms with Crippen LogP contribution in [0.4, 0.5) is 4.79 Å². The Hall–Kier alpha value is -3.35. The van der Waals surface area contributed by atoms with Gasteiger partial charge in [0.2, 0.25) is 5.91 Å². The van der Waals surface area contributed by atoms with E-state index < -0.39 is 18.0 Å². The number of hydrogen-bond acceptors (Lipinski definition) is 4. The molecule has 7 nitrogen and oxygen atoms in total. The lowest BCUT2D eigenvalue weighted by Gasteiger charge is -2.13. The topological polar surface area (TPSA) is 87.7 Å². The number of benzene rings is 2. The summed E-state index contributed by atoms with van der Waals surface area (Å²) in [6.07, 6.45) is 0.398. The van der Waals surface area contributed by atoms with Crippen molar-refractivity contribution in [1.29, 1.82) is 0 Å². The van der Waals surface area contributed by atoms with Crippen molar-refractivity contribution in [2.24, 2.45) is 0 Å². The normalized spacial score (nSPS) is 16.2. The number of nitrogens with zero attached hydrogens (tertiary/aromatic N) is 1. The van der Waals surface area contributed by atoms with Gasteiger partial charge in [0.25, 0.3) is 5.91 Å². The van der Waals surface area contributed by atoms with Crippen molar-refractivity contribution in [3.05, 3.63) is 65.7 Å². The van der Waals surface area contributed by atoms with Gasteiger partial charge in [-0.25, -0.2) is 4.79 Å². The highest BCUT2D eigenvalue weighted by Gasteiger charge is 2.38. The zero-order valence-electron chi connectivity index (χ0n) is 15.0. The molecule has 27 heavy (non-hydrogen) atoms. The second kappa shape index (κ2) is 8.35. The van der Waals surface area contributed by atoms with Crippen LogP contribution in [0, 0.1) is 0 Å². The Balaban J connectivity index is 1.52. The molecule has 0 radical (unpaired) electrons. The fourth-order valence-electron chi connectivity index (χ4n) is 2.86. The van der Waals surface area contributed by atoms with Gasteiger partial charge < -0.3 is 15.4 Å². The number of amides is 4. The number of ether oxygens (including phenoxy) is 1. The molecule has 0 aromatic heterocycles. The Morgan fingerprint density at radius 3 is 2.44 bits per heavy atom. The summed E-state index contributed by atoms with van der Waals surface area (Å²) in [5, 5.41) is 5.35. The first-order valence-corrected chi connectivity index (χ1v) is 8.62. The fourth-order valence-corrected chi connectivity index (χ4v) is 2.86. The van der Waals surface area contributed by atoms with Gasteiger partial charge >= 0.3 is 6.03 Å². The number of rotatable bonds is 7. The van der Waals surface area contributed by atoms with Crippen LogP contribution in [0.1, 0.15) is 11.1 Å². The minimum absolute atomic E-state index is 0.299. The van der Waals surface area contributed by atoms with E-state index >= 15 is 0 Å². The molecule has 2 aromatic rings. The van der Waals surface area contributed by atoms with Crippen LogP contribution in [0.3, 0.4) is 0 Å². The summed E-state index contributed by atoms with van der Waals surface area (Å²) in [6, 6.07) is 15.5. The van der Waals surface area contributed by atoms with Gasteiger partial charge in [-0.05, 0) is 23.3 Å². The number of nitrogens with one attached hydrogen (secondary N) is 2. The van der Waals surface area contributed by atoms with E-state index in [-0.39, 0.29) is 12.5 Å². The van der Waals surface area contributed by atoms with Crippen LogP contribution in [0.2, 0.25) is 0 Å². The lowest BCUT2D eigenvalue weighted by molar-refractivity contribution is -0.132. The number of hydrogen-bond donors (Lipinski definition) is 2. The quantitative estimate of drug-likeness (QED) is 0.726. The summed E-state index contributed by atoms with van der Waals surface area (Å²) in [6.45, 7) is 0.00598. The summed E-state index contributed by atoms with van der Waals surface area (Å²) in [5.41, 5.74) is 1.84. The molecule has 7 heteroatoms. The molecule has 0 unspecified atom stereocenters. The summed E-state index contributed by atoms with van der Waals surface area (Å²) in [4.78, 5) is 37.6. The predicted molar refractivity (Wildman–Crippen MR) is 99.0 cm³/mol. The average molecular weight is 367 g/mol. The molecule has 0 bridgehead atoms. The van der Waals surface area contributed by atoms with Crippen molar-refractivity contribution in [2.45, 2.75) is 19.0 Å². The molecule has 0 saturated carbocycles. The standard InChI is InChI=1S/C20H21N3O4/c1-27-16-9-7-15(8-10-16)12-21-18(24)13-23-19(25)17(22-20(23)26)11-14-5-3-2-4-6-14/h2-10,17H,11-13H2,1H3,(H,21,24)(H,22,26)/t17-/m1/s1. The third-order valence-corrected chi connectivity index (χ3v) is 4.34. The van der Waals surface area contributed by atoms with E-state index in [2.05, 4.69) is 10.6 Å². The summed E-state index contributed by atoms with van der Waals surface area (Å²) in [5.74, 6) is -0.0491. The van der Waals surface area contributed by atoms with E-state index in [4.69, 9.17) is 4.74 Å². The van der Waals surface area contributed by atoms with E-state index in [9.17, 15) is 14.4 Å². The zero-order valence-corrected chi connectivity index (χ0v) is 15.0. The first kappa shape index (κ1) is 18.4. The van der Waals surface area contributed by atoms with Crippen LogP contribution in [-0.4, -0.2) is 42.4 Å². The number of carbonyl (C=O) groups excluding carboxylic acids is 3. The van der Waals surface area contributed by atoms with Crippen LogP contribution < -0.4 is 15.4 Å². The maximum atomic E-state index is 12.4. The number of imide groups is 1. The van der Waals surface area contributed by atoms with E-state index in [1.54, 1.807) is 19.2 Å². The zero-order chi connectivity index (χ0) is 19.2.